The average molecular weight is 389 g/mol. The number of anilines is 2. The van der Waals surface area contributed by atoms with Crippen LogP contribution in [0.25, 0.3) is 0 Å². The molecular formula is C18H23N5O3S. The molecule has 2 aliphatic heterocycles. The first kappa shape index (κ1) is 18.0. The third-order valence-electron chi connectivity index (χ3n) is 4.99. The van der Waals surface area contributed by atoms with E-state index in [9.17, 15) is 9.59 Å². The Morgan fingerprint density at radius 2 is 2.19 bits per heavy atom. The molecule has 1 N–H and O–H groups in total. The van der Waals surface area contributed by atoms with Gasteiger partial charge < -0.3 is 14.6 Å². The van der Waals surface area contributed by atoms with Crippen LogP contribution in [0.15, 0.2) is 22.8 Å². The summed E-state index contributed by atoms with van der Waals surface area (Å²) in [7, 11) is 0. The van der Waals surface area contributed by atoms with Gasteiger partial charge in [-0.05, 0) is 37.8 Å². The second kappa shape index (κ2) is 8.08. The van der Waals surface area contributed by atoms with Crippen molar-refractivity contribution in [2.24, 2.45) is 0 Å². The summed E-state index contributed by atoms with van der Waals surface area (Å²) in [4.78, 5) is 28.2. The van der Waals surface area contributed by atoms with Gasteiger partial charge in [-0.3, -0.25) is 14.5 Å². The van der Waals surface area contributed by atoms with E-state index in [-0.39, 0.29) is 17.9 Å². The van der Waals surface area contributed by atoms with Gasteiger partial charge in [0.15, 0.2) is 0 Å². The highest BCUT2D eigenvalue weighted by molar-refractivity contribution is 7.19. The van der Waals surface area contributed by atoms with Gasteiger partial charge in [0.05, 0.1) is 6.26 Å². The Labute approximate surface area is 161 Å². The van der Waals surface area contributed by atoms with E-state index in [2.05, 4.69) is 15.5 Å². The van der Waals surface area contributed by atoms with Gasteiger partial charge in [-0.25, -0.2) is 0 Å². The standard InChI is InChI=1S/C18H23N5O3S/c24-15-8-3-11-23(15)18-21-20-17(27-18)22-10-2-7-14(22)16(25)19-9-1-5-13-6-4-12-26-13/h4,6,12,14H,1-3,5,7-11H2,(H,19,25). The van der Waals surface area contributed by atoms with Gasteiger partial charge >= 0.3 is 0 Å². The minimum Gasteiger partial charge on any atom is -0.469 e. The number of aryl methyl sites for hydroxylation is 1. The molecule has 4 rings (SSSR count). The van der Waals surface area contributed by atoms with Crippen molar-refractivity contribution in [1.82, 2.24) is 15.5 Å². The second-order valence-electron chi connectivity index (χ2n) is 6.84. The number of amides is 2. The van der Waals surface area contributed by atoms with Crippen LogP contribution < -0.4 is 15.1 Å². The van der Waals surface area contributed by atoms with E-state index in [1.807, 2.05) is 17.0 Å². The van der Waals surface area contributed by atoms with E-state index in [1.165, 1.54) is 11.3 Å². The Kier molecular flexibility index (Phi) is 5.38. The lowest BCUT2D eigenvalue weighted by atomic mass is 10.2. The molecule has 2 aromatic heterocycles. The van der Waals surface area contributed by atoms with Crippen molar-refractivity contribution in [3.05, 3.63) is 24.2 Å². The van der Waals surface area contributed by atoms with Crippen LogP contribution >= 0.6 is 11.3 Å². The molecule has 2 aromatic rings. The highest BCUT2D eigenvalue weighted by Gasteiger charge is 2.34. The molecule has 144 valence electrons. The molecule has 4 heterocycles. The maximum Gasteiger partial charge on any atom is 0.242 e. The van der Waals surface area contributed by atoms with E-state index in [0.29, 0.717) is 24.6 Å². The molecule has 2 saturated heterocycles. The number of carbonyl (C=O) groups is 2. The van der Waals surface area contributed by atoms with E-state index in [4.69, 9.17) is 4.42 Å². The first-order chi connectivity index (χ1) is 13.2. The molecule has 1 atom stereocenters. The summed E-state index contributed by atoms with van der Waals surface area (Å²) in [5.74, 6) is 1.07. The summed E-state index contributed by atoms with van der Waals surface area (Å²) in [6.07, 6.45) is 6.50. The van der Waals surface area contributed by atoms with Crippen molar-refractivity contribution in [2.45, 2.75) is 44.6 Å². The van der Waals surface area contributed by atoms with Crippen molar-refractivity contribution in [3.63, 3.8) is 0 Å². The molecule has 9 heteroatoms. The lowest BCUT2D eigenvalue weighted by molar-refractivity contribution is -0.122. The monoisotopic (exact) mass is 389 g/mol. The quantitative estimate of drug-likeness (QED) is 0.728. The molecule has 2 aliphatic rings. The van der Waals surface area contributed by atoms with Gasteiger partial charge in [0.1, 0.15) is 11.8 Å². The minimum atomic E-state index is -0.219. The zero-order valence-electron chi connectivity index (χ0n) is 15.1. The summed E-state index contributed by atoms with van der Waals surface area (Å²) < 4.78 is 5.30. The second-order valence-corrected chi connectivity index (χ2v) is 7.78. The number of aromatic nitrogens is 2. The first-order valence-corrected chi connectivity index (χ1v) is 10.2. The molecule has 0 aliphatic carbocycles. The molecule has 8 nitrogen and oxygen atoms in total. The van der Waals surface area contributed by atoms with Crippen LogP contribution in [0.2, 0.25) is 0 Å². The van der Waals surface area contributed by atoms with Crippen LogP contribution in [0, 0.1) is 0 Å². The largest absolute Gasteiger partial charge is 0.469 e. The van der Waals surface area contributed by atoms with Gasteiger partial charge in [0, 0.05) is 32.5 Å². The number of hydrogen-bond donors (Lipinski definition) is 1. The third-order valence-corrected chi connectivity index (χ3v) is 5.97. The highest BCUT2D eigenvalue weighted by atomic mass is 32.1. The number of nitrogens with one attached hydrogen (secondary N) is 1. The van der Waals surface area contributed by atoms with Gasteiger partial charge in [-0.2, -0.15) is 0 Å². The molecule has 27 heavy (non-hydrogen) atoms. The van der Waals surface area contributed by atoms with Crippen molar-refractivity contribution in [2.75, 3.05) is 29.4 Å². The predicted molar refractivity (Wildman–Crippen MR) is 102 cm³/mol. The fourth-order valence-corrected chi connectivity index (χ4v) is 4.56. The topological polar surface area (TPSA) is 91.6 Å². The van der Waals surface area contributed by atoms with Gasteiger partial charge in [0.2, 0.25) is 22.1 Å². The summed E-state index contributed by atoms with van der Waals surface area (Å²) in [5, 5.41) is 12.8. The Bertz CT molecular complexity index is 791. The summed E-state index contributed by atoms with van der Waals surface area (Å²) in [6, 6.07) is 3.60. The number of nitrogens with zero attached hydrogens (tertiary/aromatic N) is 4. The molecular weight excluding hydrogens is 366 g/mol. The van der Waals surface area contributed by atoms with Crippen molar-refractivity contribution < 1.29 is 14.0 Å². The Morgan fingerprint density at radius 3 is 2.96 bits per heavy atom. The van der Waals surface area contributed by atoms with E-state index in [0.717, 1.165) is 49.5 Å². The average Bonchev–Trinajstić information content (AvgIpc) is 3.45. The molecule has 2 amide bonds. The molecule has 0 aromatic carbocycles. The van der Waals surface area contributed by atoms with Crippen LogP contribution in [0.3, 0.4) is 0 Å². The Balaban J connectivity index is 1.32. The molecule has 1 unspecified atom stereocenters. The van der Waals surface area contributed by atoms with Crippen LogP contribution in [0.1, 0.15) is 37.9 Å². The van der Waals surface area contributed by atoms with Crippen LogP contribution in [-0.4, -0.2) is 47.7 Å². The molecule has 0 saturated carbocycles. The minimum absolute atomic E-state index is 0.0287. The SMILES string of the molecule is O=C(NCCCc1ccco1)C1CCCN1c1nnc(N2CCCC2=O)s1. The molecule has 0 spiro atoms. The van der Waals surface area contributed by atoms with Gasteiger partial charge in [0.25, 0.3) is 0 Å². The van der Waals surface area contributed by atoms with Crippen molar-refractivity contribution >= 4 is 33.4 Å². The van der Waals surface area contributed by atoms with E-state index < -0.39 is 0 Å². The summed E-state index contributed by atoms with van der Waals surface area (Å²) in [5.41, 5.74) is 0. The zero-order valence-corrected chi connectivity index (χ0v) is 15.9. The number of carbonyl (C=O) groups excluding carboxylic acids is 2. The summed E-state index contributed by atoms with van der Waals surface area (Å²) in [6.45, 7) is 2.10. The molecule has 2 fully saturated rings. The van der Waals surface area contributed by atoms with Crippen LogP contribution in [-0.2, 0) is 16.0 Å². The molecule has 0 bridgehead atoms. The Hall–Kier alpha value is -2.42. The first-order valence-electron chi connectivity index (χ1n) is 9.43. The van der Waals surface area contributed by atoms with Crippen LogP contribution in [0.5, 0.6) is 0 Å². The van der Waals surface area contributed by atoms with Gasteiger partial charge in [-0.15, -0.1) is 10.2 Å². The smallest absolute Gasteiger partial charge is 0.242 e. The van der Waals surface area contributed by atoms with Gasteiger partial charge in [-0.1, -0.05) is 11.3 Å². The fourth-order valence-electron chi connectivity index (χ4n) is 3.60. The number of hydrogen-bond acceptors (Lipinski definition) is 7. The zero-order chi connectivity index (χ0) is 18.6. The maximum absolute atomic E-state index is 12.6. The lowest BCUT2D eigenvalue weighted by Crippen LogP contribution is -2.43. The van der Waals surface area contributed by atoms with E-state index in [1.54, 1.807) is 11.2 Å². The van der Waals surface area contributed by atoms with E-state index >= 15 is 0 Å². The summed E-state index contributed by atoms with van der Waals surface area (Å²) >= 11 is 1.40. The maximum atomic E-state index is 12.6. The number of rotatable bonds is 7. The predicted octanol–water partition coefficient (Wildman–Crippen LogP) is 1.98. The fraction of sp³-hybridized carbons (Fsp3) is 0.556. The highest BCUT2D eigenvalue weighted by Crippen LogP contribution is 2.33. The lowest BCUT2D eigenvalue weighted by Gasteiger charge is -2.22. The van der Waals surface area contributed by atoms with Crippen molar-refractivity contribution in [3.8, 4) is 0 Å². The number of furan rings is 1. The Morgan fingerprint density at radius 1 is 1.30 bits per heavy atom. The molecule has 0 radical (unpaired) electrons. The normalized spacial score (nSPS) is 19.9. The van der Waals surface area contributed by atoms with Crippen molar-refractivity contribution in [1.29, 1.82) is 0 Å². The third kappa shape index (κ3) is 3.97. The van der Waals surface area contributed by atoms with Crippen LogP contribution in [0.4, 0.5) is 10.3 Å².